The van der Waals surface area contributed by atoms with Crippen LogP contribution in [0.2, 0.25) is 0 Å². The normalized spacial score (nSPS) is 20.0. The summed E-state index contributed by atoms with van der Waals surface area (Å²) < 4.78 is 5.35. The van der Waals surface area contributed by atoms with Gasteiger partial charge in [0.25, 0.3) is 0 Å². The summed E-state index contributed by atoms with van der Waals surface area (Å²) in [5.74, 6) is 0.0761. The number of carbonyl (C=O) groups is 2. The lowest BCUT2D eigenvalue weighted by Crippen LogP contribution is -2.45. The maximum Gasteiger partial charge on any atom is 0.410 e. The van der Waals surface area contributed by atoms with Crippen molar-refractivity contribution in [3.63, 3.8) is 0 Å². The second kappa shape index (κ2) is 6.98. The van der Waals surface area contributed by atoms with E-state index in [9.17, 15) is 9.59 Å². The average molecular weight is 291 g/mol. The Labute approximate surface area is 119 Å². The highest BCUT2D eigenvalue weighted by Gasteiger charge is 2.27. The number of rotatable bonds is 3. The molecule has 1 rings (SSSR count). The van der Waals surface area contributed by atoms with Gasteiger partial charge in [-0.3, -0.25) is 4.79 Å². The summed E-state index contributed by atoms with van der Waals surface area (Å²) in [4.78, 5) is 24.8. The maximum atomic E-state index is 11.9. The number of alkyl halides is 1. The fourth-order valence-electron chi connectivity index (χ4n) is 2.03. The Bertz CT molecular complexity index is 328. The van der Waals surface area contributed by atoms with E-state index in [-0.39, 0.29) is 23.8 Å². The fraction of sp³-hybridized carbons (Fsp3) is 0.846. The first-order chi connectivity index (χ1) is 8.81. The Balaban J connectivity index is 2.41. The molecule has 0 aliphatic carbocycles. The van der Waals surface area contributed by atoms with Gasteiger partial charge in [0, 0.05) is 19.6 Å². The molecule has 1 aliphatic rings. The van der Waals surface area contributed by atoms with E-state index in [1.54, 1.807) is 4.90 Å². The first kappa shape index (κ1) is 16.1. The third kappa shape index (κ3) is 6.14. The SMILES string of the molecule is CC(C)(C)OC(=O)N1CCCC(CNC(=O)CCl)C1. The molecule has 0 aromatic rings. The molecule has 0 aromatic carbocycles. The number of amides is 2. The molecule has 0 saturated carbocycles. The molecule has 0 spiro atoms. The summed E-state index contributed by atoms with van der Waals surface area (Å²) in [5.41, 5.74) is -0.475. The molecule has 6 heteroatoms. The van der Waals surface area contributed by atoms with Gasteiger partial charge >= 0.3 is 6.09 Å². The van der Waals surface area contributed by atoms with Gasteiger partial charge in [-0.25, -0.2) is 4.79 Å². The van der Waals surface area contributed by atoms with Gasteiger partial charge in [-0.15, -0.1) is 11.6 Å². The number of nitrogens with one attached hydrogen (secondary N) is 1. The molecule has 1 atom stereocenters. The van der Waals surface area contributed by atoms with Crippen LogP contribution in [0.5, 0.6) is 0 Å². The lowest BCUT2D eigenvalue weighted by molar-refractivity contribution is -0.118. The molecule has 0 radical (unpaired) electrons. The van der Waals surface area contributed by atoms with Crippen LogP contribution in [0.4, 0.5) is 4.79 Å². The summed E-state index contributed by atoms with van der Waals surface area (Å²) in [6, 6.07) is 0. The van der Waals surface area contributed by atoms with Crippen LogP contribution in [0.1, 0.15) is 33.6 Å². The largest absolute Gasteiger partial charge is 0.444 e. The zero-order chi connectivity index (χ0) is 14.5. The van der Waals surface area contributed by atoms with Gasteiger partial charge in [-0.05, 0) is 39.5 Å². The van der Waals surface area contributed by atoms with Gasteiger partial charge in [-0.1, -0.05) is 0 Å². The molecule has 1 N–H and O–H groups in total. The number of carbonyl (C=O) groups excluding carboxylic acids is 2. The van der Waals surface area contributed by atoms with Crippen molar-refractivity contribution < 1.29 is 14.3 Å². The second-order valence-electron chi connectivity index (χ2n) is 5.87. The first-order valence-corrected chi connectivity index (χ1v) is 7.16. The van der Waals surface area contributed by atoms with E-state index in [1.807, 2.05) is 20.8 Å². The Morgan fingerprint density at radius 1 is 1.42 bits per heavy atom. The van der Waals surface area contributed by atoms with E-state index in [0.717, 1.165) is 19.4 Å². The molecule has 5 nitrogen and oxygen atoms in total. The number of halogens is 1. The zero-order valence-corrected chi connectivity index (χ0v) is 12.6. The van der Waals surface area contributed by atoms with Gasteiger partial charge in [0.1, 0.15) is 11.5 Å². The summed E-state index contributed by atoms with van der Waals surface area (Å²) in [5, 5.41) is 2.76. The fourth-order valence-corrected chi connectivity index (χ4v) is 2.12. The molecule has 2 amide bonds. The third-order valence-electron chi connectivity index (χ3n) is 2.88. The van der Waals surface area contributed by atoms with E-state index >= 15 is 0 Å². The van der Waals surface area contributed by atoms with Crippen molar-refractivity contribution in [2.24, 2.45) is 5.92 Å². The minimum absolute atomic E-state index is 0.0253. The quantitative estimate of drug-likeness (QED) is 0.809. The molecule has 1 aliphatic heterocycles. The van der Waals surface area contributed by atoms with Gasteiger partial charge in [-0.2, -0.15) is 0 Å². The van der Waals surface area contributed by atoms with Crippen LogP contribution in [-0.4, -0.2) is 48.0 Å². The standard InChI is InChI=1S/C13H23ClN2O3/c1-13(2,3)19-12(18)16-6-4-5-10(9-16)8-15-11(17)7-14/h10H,4-9H2,1-3H3,(H,15,17). The molecule has 0 bridgehead atoms. The smallest absolute Gasteiger partial charge is 0.410 e. The molecule has 1 heterocycles. The van der Waals surface area contributed by atoms with Crippen LogP contribution in [-0.2, 0) is 9.53 Å². The molecular weight excluding hydrogens is 268 g/mol. The second-order valence-corrected chi connectivity index (χ2v) is 6.14. The maximum absolute atomic E-state index is 11.9. The number of piperidine rings is 1. The summed E-state index contributed by atoms with van der Waals surface area (Å²) >= 11 is 5.42. The minimum atomic E-state index is -0.475. The van der Waals surface area contributed by atoms with Gasteiger partial charge in [0.15, 0.2) is 0 Å². The third-order valence-corrected chi connectivity index (χ3v) is 3.12. The van der Waals surface area contributed by atoms with E-state index in [1.165, 1.54) is 0 Å². The van der Waals surface area contributed by atoms with Crippen LogP contribution in [0.3, 0.4) is 0 Å². The Morgan fingerprint density at radius 3 is 2.68 bits per heavy atom. The molecule has 1 saturated heterocycles. The van der Waals surface area contributed by atoms with E-state index in [4.69, 9.17) is 16.3 Å². The van der Waals surface area contributed by atoms with Crippen molar-refractivity contribution in [2.75, 3.05) is 25.5 Å². The van der Waals surface area contributed by atoms with Gasteiger partial charge in [0.05, 0.1) is 0 Å². The minimum Gasteiger partial charge on any atom is -0.444 e. The zero-order valence-electron chi connectivity index (χ0n) is 11.9. The Morgan fingerprint density at radius 2 is 2.11 bits per heavy atom. The van der Waals surface area contributed by atoms with Crippen molar-refractivity contribution >= 4 is 23.6 Å². The number of nitrogens with zero attached hydrogens (tertiary/aromatic N) is 1. The molecule has 19 heavy (non-hydrogen) atoms. The highest BCUT2D eigenvalue weighted by Crippen LogP contribution is 2.18. The van der Waals surface area contributed by atoms with Crippen LogP contribution in [0.25, 0.3) is 0 Å². The van der Waals surface area contributed by atoms with Crippen LogP contribution < -0.4 is 5.32 Å². The summed E-state index contributed by atoms with van der Waals surface area (Å²) in [6.07, 6.45) is 1.66. The number of likely N-dealkylation sites (tertiary alicyclic amines) is 1. The van der Waals surface area contributed by atoms with E-state index in [2.05, 4.69) is 5.32 Å². The van der Waals surface area contributed by atoms with Crippen molar-refractivity contribution in [3.8, 4) is 0 Å². The first-order valence-electron chi connectivity index (χ1n) is 6.62. The molecular formula is C13H23ClN2O3. The van der Waals surface area contributed by atoms with Crippen LogP contribution in [0.15, 0.2) is 0 Å². The van der Waals surface area contributed by atoms with Gasteiger partial charge < -0.3 is 15.0 Å². The predicted molar refractivity (Wildman–Crippen MR) is 74.3 cm³/mol. The van der Waals surface area contributed by atoms with Crippen LogP contribution >= 0.6 is 11.6 Å². The summed E-state index contributed by atoms with van der Waals surface area (Å²) in [7, 11) is 0. The Kier molecular flexibility index (Phi) is 5.91. The van der Waals surface area contributed by atoms with E-state index < -0.39 is 5.60 Å². The molecule has 1 fully saturated rings. The highest BCUT2D eigenvalue weighted by molar-refractivity contribution is 6.27. The summed E-state index contributed by atoms with van der Waals surface area (Å²) in [6.45, 7) is 7.46. The van der Waals surface area contributed by atoms with Crippen molar-refractivity contribution in [1.82, 2.24) is 10.2 Å². The van der Waals surface area contributed by atoms with Crippen molar-refractivity contribution in [3.05, 3.63) is 0 Å². The van der Waals surface area contributed by atoms with Crippen molar-refractivity contribution in [1.29, 1.82) is 0 Å². The lowest BCUT2D eigenvalue weighted by Gasteiger charge is -2.34. The topological polar surface area (TPSA) is 58.6 Å². The number of hydrogen-bond acceptors (Lipinski definition) is 3. The monoisotopic (exact) mass is 290 g/mol. The van der Waals surface area contributed by atoms with Gasteiger partial charge in [0.2, 0.25) is 5.91 Å². The molecule has 0 aromatic heterocycles. The number of ether oxygens (including phenoxy) is 1. The predicted octanol–water partition coefficient (Wildman–Crippen LogP) is 1.99. The number of hydrogen-bond donors (Lipinski definition) is 1. The molecule has 1 unspecified atom stereocenters. The lowest BCUT2D eigenvalue weighted by atomic mass is 9.98. The highest BCUT2D eigenvalue weighted by atomic mass is 35.5. The van der Waals surface area contributed by atoms with Crippen LogP contribution in [0, 0.1) is 5.92 Å². The van der Waals surface area contributed by atoms with Crippen molar-refractivity contribution in [2.45, 2.75) is 39.2 Å². The molecule has 110 valence electrons. The Hall–Kier alpha value is -0.970. The average Bonchev–Trinajstić information content (AvgIpc) is 2.34. The van der Waals surface area contributed by atoms with E-state index in [0.29, 0.717) is 13.1 Å².